The molecule has 0 aliphatic heterocycles. The van der Waals surface area contributed by atoms with Crippen LogP contribution in [-0.2, 0) is 15.3 Å². The van der Waals surface area contributed by atoms with Gasteiger partial charge in [-0.3, -0.25) is 9.59 Å². The first kappa shape index (κ1) is 13.6. The number of amides is 1. The van der Waals surface area contributed by atoms with Crippen molar-refractivity contribution in [2.24, 2.45) is 0 Å². The van der Waals surface area contributed by atoms with E-state index in [1.807, 2.05) is 30.3 Å². The molecule has 1 rings (SSSR count). The normalized spacial score (nSPS) is 11.8. The summed E-state index contributed by atoms with van der Waals surface area (Å²) in [7, 11) is 0. The summed E-state index contributed by atoms with van der Waals surface area (Å²) in [6.45, 7) is 0. The van der Waals surface area contributed by atoms with Crippen molar-refractivity contribution < 1.29 is 14.7 Å². The number of carbonyl (C=O) groups excluding carboxylic acids is 1. The van der Waals surface area contributed by atoms with Crippen LogP contribution in [-0.4, -0.2) is 29.3 Å². The van der Waals surface area contributed by atoms with E-state index in [4.69, 9.17) is 5.11 Å². The molecule has 4 nitrogen and oxygen atoms in total. The highest BCUT2D eigenvalue weighted by Gasteiger charge is 2.11. The highest BCUT2D eigenvalue weighted by molar-refractivity contribution is 7.98. The van der Waals surface area contributed by atoms with E-state index in [9.17, 15) is 9.59 Å². The van der Waals surface area contributed by atoms with Crippen LogP contribution in [0.1, 0.15) is 12.0 Å². The van der Waals surface area contributed by atoms with Crippen molar-refractivity contribution in [1.82, 2.24) is 5.32 Å². The lowest BCUT2D eigenvalue weighted by Crippen LogP contribution is -2.32. The fraction of sp³-hybridized carbons (Fsp3) is 0.333. The molecular weight excluding hydrogens is 238 g/mol. The lowest BCUT2D eigenvalue weighted by molar-refractivity contribution is -0.137. The first-order valence-electron chi connectivity index (χ1n) is 5.25. The molecule has 0 aliphatic rings. The Balaban J connectivity index is 2.31. The lowest BCUT2D eigenvalue weighted by Gasteiger charge is -2.13. The molecule has 0 bridgehead atoms. The molecule has 0 radical (unpaired) electrons. The second kappa shape index (κ2) is 7.73. The van der Waals surface area contributed by atoms with Crippen LogP contribution in [0.5, 0.6) is 0 Å². The summed E-state index contributed by atoms with van der Waals surface area (Å²) < 4.78 is 0. The number of aliphatic carboxylic acids is 1. The topological polar surface area (TPSA) is 66.4 Å². The molecule has 92 valence electrons. The van der Waals surface area contributed by atoms with E-state index in [1.165, 1.54) is 5.56 Å². The molecule has 1 aromatic carbocycles. The number of carboxylic acids is 1. The quantitative estimate of drug-likeness (QED) is 0.689. The number of rotatable bonds is 8. The van der Waals surface area contributed by atoms with Crippen LogP contribution < -0.4 is 5.32 Å². The van der Waals surface area contributed by atoms with E-state index in [0.29, 0.717) is 12.2 Å². The summed E-state index contributed by atoms with van der Waals surface area (Å²) in [5.74, 6) is 0.516. The first-order chi connectivity index (χ1) is 8.22. The minimum Gasteiger partial charge on any atom is -0.481 e. The molecule has 0 aliphatic carbocycles. The van der Waals surface area contributed by atoms with Crippen molar-refractivity contribution in [3.63, 3.8) is 0 Å². The maximum atomic E-state index is 10.6. The fourth-order valence-corrected chi connectivity index (χ4v) is 2.41. The Morgan fingerprint density at radius 1 is 1.41 bits per heavy atom. The summed E-state index contributed by atoms with van der Waals surface area (Å²) >= 11 is 1.61. The lowest BCUT2D eigenvalue weighted by atomic mass is 10.2. The fourth-order valence-electron chi connectivity index (χ4n) is 1.37. The third kappa shape index (κ3) is 5.97. The van der Waals surface area contributed by atoms with E-state index < -0.39 is 5.97 Å². The van der Waals surface area contributed by atoms with Gasteiger partial charge in [0.25, 0.3) is 0 Å². The zero-order chi connectivity index (χ0) is 12.5. The van der Waals surface area contributed by atoms with Gasteiger partial charge >= 0.3 is 5.97 Å². The third-order valence-corrected chi connectivity index (χ3v) is 3.33. The van der Waals surface area contributed by atoms with Gasteiger partial charge in [-0.1, -0.05) is 30.3 Å². The largest absolute Gasteiger partial charge is 0.481 e. The zero-order valence-electron chi connectivity index (χ0n) is 9.33. The molecular formula is C12H15NO3S. The Labute approximate surface area is 104 Å². The van der Waals surface area contributed by atoms with Gasteiger partial charge in [0, 0.05) is 17.5 Å². The van der Waals surface area contributed by atoms with Gasteiger partial charge < -0.3 is 10.4 Å². The molecule has 0 fully saturated rings. The molecule has 1 amide bonds. The van der Waals surface area contributed by atoms with Crippen LogP contribution in [0.4, 0.5) is 0 Å². The smallest absolute Gasteiger partial charge is 0.305 e. The molecule has 0 saturated carbocycles. The van der Waals surface area contributed by atoms with Gasteiger partial charge in [-0.25, -0.2) is 0 Å². The molecule has 1 aromatic rings. The predicted octanol–water partition coefficient (Wildman–Crippen LogP) is 1.51. The van der Waals surface area contributed by atoms with E-state index >= 15 is 0 Å². The Hall–Kier alpha value is -1.49. The van der Waals surface area contributed by atoms with Gasteiger partial charge in [0.1, 0.15) is 0 Å². The van der Waals surface area contributed by atoms with E-state index in [0.717, 1.165) is 5.75 Å². The zero-order valence-corrected chi connectivity index (χ0v) is 10.2. The SMILES string of the molecule is O=CNC(CSCc1ccccc1)CC(=O)O. The average Bonchev–Trinajstić information content (AvgIpc) is 2.30. The van der Waals surface area contributed by atoms with Gasteiger partial charge in [-0.15, -0.1) is 0 Å². The van der Waals surface area contributed by atoms with Gasteiger partial charge in [-0.05, 0) is 5.56 Å². The second-order valence-corrected chi connectivity index (χ2v) is 4.61. The molecule has 1 atom stereocenters. The van der Waals surface area contributed by atoms with Crippen molar-refractivity contribution in [2.45, 2.75) is 18.2 Å². The highest BCUT2D eigenvalue weighted by atomic mass is 32.2. The van der Waals surface area contributed by atoms with Crippen molar-refractivity contribution in [3.8, 4) is 0 Å². The minimum absolute atomic E-state index is 0.0411. The Morgan fingerprint density at radius 3 is 2.71 bits per heavy atom. The van der Waals surface area contributed by atoms with E-state index in [1.54, 1.807) is 11.8 Å². The maximum Gasteiger partial charge on any atom is 0.305 e. The summed E-state index contributed by atoms with van der Waals surface area (Å²) in [5, 5.41) is 11.2. The molecule has 0 aromatic heterocycles. The van der Waals surface area contributed by atoms with Crippen LogP contribution in [0.25, 0.3) is 0 Å². The first-order valence-corrected chi connectivity index (χ1v) is 6.41. The Morgan fingerprint density at radius 2 is 2.12 bits per heavy atom. The summed E-state index contributed by atoms with van der Waals surface area (Å²) in [5.41, 5.74) is 1.19. The Bertz CT molecular complexity index is 356. The molecule has 0 spiro atoms. The van der Waals surface area contributed by atoms with Crippen molar-refractivity contribution in [2.75, 3.05) is 5.75 Å². The standard InChI is InChI=1S/C12H15NO3S/c14-9-13-11(6-12(15)16)8-17-7-10-4-2-1-3-5-10/h1-5,9,11H,6-8H2,(H,13,14)(H,15,16). The number of carbonyl (C=O) groups is 2. The van der Waals surface area contributed by atoms with E-state index in [-0.39, 0.29) is 12.5 Å². The predicted molar refractivity (Wildman–Crippen MR) is 67.8 cm³/mol. The van der Waals surface area contributed by atoms with Crippen LogP contribution in [0.2, 0.25) is 0 Å². The molecule has 0 saturated heterocycles. The number of carboxylic acid groups (broad SMARTS) is 1. The van der Waals surface area contributed by atoms with E-state index in [2.05, 4.69) is 5.32 Å². The molecule has 17 heavy (non-hydrogen) atoms. The number of benzene rings is 1. The molecule has 1 unspecified atom stereocenters. The van der Waals surface area contributed by atoms with Crippen LogP contribution in [0, 0.1) is 0 Å². The number of hydrogen-bond donors (Lipinski definition) is 2. The summed E-state index contributed by atoms with van der Waals surface area (Å²) in [6.07, 6.45) is 0.511. The molecule has 5 heteroatoms. The average molecular weight is 253 g/mol. The minimum atomic E-state index is -0.898. The van der Waals surface area contributed by atoms with Gasteiger partial charge in [0.2, 0.25) is 6.41 Å². The molecule has 0 heterocycles. The van der Waals surface area contributed by atoms with Gasteiger partial charge in [0.05, 0.1) is 6.42 Å². The van der Waals surface area contributed by atoms with Gasteiger partial charge in [0.15, 0.2) is 0 Å². The van der Waals surface area contributed by atoms with Crippen LogP contribution >= 0.6 is 11.8 Å². The maximum absolute atomic E-state index is 10.6. The third-order valence-electron chi connectivity index (χ3n) is 2.16. The van der Waals surface area contributed by atoms with Crippen LogP contribution in [0.3, 0.4) is 0 Å². The van der Waals surface area contributed by atoms with Crippen molar-refractivity contribution in [1.29, 1.82) is 0 Å². The van der Waals surface area contributed by atoms with Crippen LogP contribution in [0.15, 0.2) is 30.3 Å². The van der Waals surface area contributed by atoms with Crippen molar-refractivity contribution >= 4 is 24.1 Å². The van der Waals surface area contributed by atoms with Crippen molar-refractivity contribution in [3.05, 3.63) is 35.9 Å². The van der Waals surface area contributed by atoms with Gasteiger partial charge in [-0.2, -0.15) is 11.8 Å². The summed E-state index contributed by atoms with van der Waals surface area (Å²) in [6, 6.07) is 9.62. The number of nitrogens with one attached hydrogen (secondary N) is 1. The molecule has 2 N–H and O–H groups in total. The monoisotopic (exact) mass is 253 g/mol. The summed E-state index contributed by atoms with van der Waals surface area (Å²) in [4.78, 5) is 20.9. The highest BCUT2D eigenvalue weighted by Crippen LogP contribution is 2.13. The second-order valence-electron chi connectivity index (χ2n) is 3.58. The number of hydrogen-bond acceptors (Lipinski definition) is 3. The number of thioether (sulfide) groups is 1. The Kier molecular flexibility index (Phi) is 6.17.